The van der Waals surface area contributed by atoms with Crippen LogP contribution in [0.25, 0.3) is 0 Å². The molecule has 3 aromatic rings. The minimum Gasteiger partial charge on any atom is -0.339 e. The predicted octanol–water partition coefficient (Wildman–Crippen LogP) is 3.56. The molecule has 0 bridgehead atoms. The number of carbonyl (C=O) groups is 2. The van der Waals surface area contributed by atoms with Gasteiger partial charge in [0.1, 0.15) is 5.82 Å². The maximum absolute atomic E-state index is 14.4. The van der Waals surface area contributed by atoms with E-state index in [1.54, 1.807) is 12.1 Å². The second kappa shape index (κ2) is 10.4. The molecule has 1 fully saturated rings. The van der Waals surface area contributed by atoms with Crippen molar-refractivity contribution in [1.82, 2.24) is 19.1 Å². The van der Waals surface area contributed by atoms with Crippen molar-refractivity contribution in [3.05, 3.63) is 62.8 Å². The van der Waals surface area contributed by atoms with Crippen molar-refractivity contribution >= 4 is 50.6 Å². The van der Waals surface area contributed by atoms with Crippen molar-refractivity contribution in [2.24, 2.45) is 5.92 Å². The Labute approximate surface area is 223 Å². The maximum atomic E-state index is 14.4. The SMILES string of the molecule is CN(Cc1ccc(Cl)s1)c1nc(C2C(=O)CN(S(C)(=O)=O)CC2C(F)(F)F)nn1C(=O)c1ccccc1F. The number of ketones is 1. The van der Waals surface area contributed by atoms with Crippen molar-refractivity contribution in [3.63, 3.8) is 0 Å². The highest BCUT2D eigenvalue weighted by Gasteiger charge is 2.54. The van der Waals surface area contributed by atoms with Crippen LogP contribution in [0.15, 0.2) is 36.4 Å². The number of rotatable bonds is 6. The van der Waals surface area contributed by atoms with Gasteiger partial charge in [0, 0.05) is 18.5 Å². The fourth-order valence-corrected chi connectivity index (χ4v) is 6.01. The number of hydrogen-bond acceptors (Lipinski definition) is 8. The standard InChI is InChI=1S/C22H20ClF4N5O4S2/c1-30(9-12-7-8-17(23)37-12)21-28-19(29-32(21)20(34)13-5-3-4-6-15(13)24)18-14(22(25,26)27)10-31(11-16(18)33)38(2,35)36/h3-8,14,18H,9-11H2,1-2H3. The fourth-order valence-electron chi connectivity index (χ4n) is 4.08. The van der Waals surface area contributed by atoms with Crippen LogP contribution in [0.4, 0.5) is 23.5 Å². The topological polar surface area (TPSA) is 105 Å². The van der Waals surface area contributed by atoms with Gasteiger partial charge in [-0.15, -0.1) is 16.4 Å². The van der Waals surface area contributed by atoms with Gasteiger partial charge in [-0.25, -0.2) is 12.8 Å². The van der Waals surface area contributed by atoms with Crippen molar-refractivity contribution in [2.45, 2.75) is 18.6 Å². The van der Waals surface area contributed by atoms with Gasteiger partial charge >= 0.3 is 6.18 Å². The van der Waals surface area contributed by atoms with Gasteiger partial charge in [-0.3, -0.25) is 9.59 Å². The molecule has 2 aromatic heterocycles. The van der Waals surface area contributed by atoms with Crippen LogP contribution in [-0.4, -0.2) is 71.7 Å². The summed E-state index contributed by atoms with van der Waals surface area (Å²) in [5.74, 6) is -8.30. The summed E-state index contributed by atoms with van der Waals surface area (Å²) < 4.78 is 82.1. The Morgan fingerprint density at radius 2 is 1.92 bits per heavy atom. The van der Waals surface area contributed by atoms with E-state index in [-0.39, 0.29) is 12.5 Å². The fraction of sp³-hybridized carbons (Fsp3) is 0.364. The second-order valence-electron chi connectivity index (χ2n) is 8.68. The van der Waals surface area contributed by atoms with E-state index >= 15 is 0 Å². The molecule has 2 atom stereocenters. The van der Waals surface area contributed by atoms with Gasteiger partial charge in [0.25, 0.3) is 5.91 Å². The van der Waals surface area contributed by atoms with Gasteiger partial charge in [-0.1, -0.05) is 23.7 Å². The van der Waals surface area contributed by atoms with E-state index in [0.29, 0.717) is 19.6 Å². The summed E-state index contributed by atoms with van der Waals surface area (Å²) in [6.45, 7) is -1.72. The van der Waals surface area contributed by atoms with Crippen molar-refractivity contribution < 1.29 is 35.6 Å². The van der Waals surface area contributed by atoms with E-state index < -0.39 is 70.0 Å². The van der Waals surface area contributed by atoms with Gasteiger partial charge in [0.15, 0.2) is 11.6 Å². The molecular weight excluding hydrogens is 574 g/mol. The van der Waals surface area contributed by atoms with Crippen LogP contribution in [0, 0.1) is 11.7 Å². The number of thiophene rings is 1. The number of nitrogens with zero attached hydrogens (tertiary/aromatic N) is 5. The third-order valence-corrected chi connectivity index (χ3v) is 8.35. The van der Waals surface area contributed by atoms with Gasteiger partial charge in [-0.05, 0) is 24.3 Å². The molecule has 2 unspecified atom stereocenters. The van der Waals surface area contributed by atoms with Gasteiger partial charge < -0.3 is 4.90 Å². The summed E-state index contributed by atoms with van der Waals surface area (Å²) in [7, 11) is -2.62. The van der Waals surface area contributed by atoms with Crippen molar-refractivity contribution in [2.75, 3.05) is 31.3 Å². The monoisotopic (exact) mass is 593 g/mol. The first-order valence-corrected chi connectivity index (χ1v) is 14.0. The number of alkyl halides is 3. The number of aromatic nitrogens is 3. The summed E-state index contributed by atoms with van der Waals surface area (Å²) in [5.41, 5.74) is -0.414. The summed E-state index contributed by atoms with van der Waals surface area (Å²) in [4.78, 5) is 32.4. The average Bonchev–Trinajstić information content (AvgIpc) is 3.43. The number of piperidine rings is 1. The molecule has 4 rings (SSSR count). The molecule has 1 aliphatic rings. The Kier molecular flexibility index (Phi) is 7.67. The van der Waals surface area contributed by atoms with Crippen LogP contribution in [0.5, 0.6) is 0 Å². The lowest BCUT2D eigenvalue weighted by atomic mass is 9.84. The molecule has 1 saturated heterocycles. The minimum absolute atomic E-state index is 0.114. The van der Waals surface area contributed by atoms with Crippen LogP contribution >= 0.6 is 22.9 Å². The van der Waals surface area contributed by atoms with Gasteiger partial charge in [0.2, 0.25) is 16.0 Å². The number of anilines is 1. The molecule has 16 heteroatoms. The van der Waals surface area contributed by atoms with Crippen LogP contribution in [-0.2, 0) is 21.4 Å². The van der Waals surface area contributed by atoms with Crippen molar-refractivity contribution in [1.29, 1.82) is 0 Å². The molecule has 0 saturated carbocycles. The van der Waals surface area contributed by atoms with Gasteiger partial charge in [-0.2, -0.15) is 27.1 Å². The van der Waals surface area contributed by atoms with E-state index in [1.165, 1.54) is 41.5 Å². The zero-order valence-electron chi connectivity index (χ0n) is 19.8. The summed E-state index contributed by atoms with van der Waals surface area (Å²) in [6, 6.07) is 8.30. The molecule has 9 nitrogen and oxygen atoms in total. The van der Waals surface area contributed by atoms with Gasteiger partial charge in [0.05, 0.1) is 41.1 Å². The molecule has 0 spiro atoms. The maximum Gasteiger partial charge on any atom is 0.394 e. The molecular formula is C22H20ClF4N5O4S2. The third kappa shape index (κ3) is 5.75. The number of sulfonamides is 1. The molecule has 1 aliphatic heterocycles. The smallest absolute Gasteiger partial charge is 0.339 e. The molecule has 1 aromatic carbocycles. The van der Waals surface area contributed by atoms with E-state index in [1.807, 2.05) is 0 Å². The molecule has 0 amide bonds. The molecule has 0 radical (unpaired) electrons. The van der Waals surface area contributed by atoms with Crippen molar-refractivity contribution in [3.8, 4) is 0 Å². The van der Waals surface area contributed by atoms with Crippen LogP contribution in [0.3, 0.4) is 0 Å². The summed E-state index contributed by atoms with van der Waals surface area (Å²) in [5, 5.41) is 3.96. The Morgan fingerprint density at radius 3 is 2.50 bits per heavy atom. The van der Waals surface area contributed by atoms with Crippen LogP contribution in [0.1, 0.15) is 27.0 Å². The highest BCUT2D eigenvalue weighted by Crippen LogP contribution is 2.41. The zero-order valence-corrected chi connectivity index (χ0v) is 22.2. The number of carbonyl (C=O) groups excluding carboxylic acids is 2. The Bertz CT molecular complexity index is 1490. The molecule has 3 heterocycles. The first-order valence-electron chi connectivity index (χ1n) is 10.9. The largest absolute Gasteiger partial charge is 0.394 e. The molecule has 0 aliphatic carbocycles. The van der Waals surface area contributed by atoms with Crippen LogP contribution in [0.2, 0.25) is 4.34 Å². The quantitative estimate of drug-likeness (QED) is 0.402. The summed E-state index contributed by atoms with van der Waals surface area (Å²) >= 11 is 7.20. The lowest BCUT2D eigenvalue weighted by molar-refractivity contribution is -0.190. The molecule has 38 heavy (non-hydrogen) atoms. The number of Topliss-reactive ketones (excluding diaryl/α,β-unsaturated/α-hetero) is 1. The van der Waals surface area contributed by atoms with E-state index in [2.05, 4.69) is 10.1 Å². The Morgan fingerprint density at radius 1 is 1.24 bits per heavy atom. The van der Waals surface area contributed by atoms with Crippen LogP contribution < -0.4 is 4.90 Å². The lowest BCUT2D eigenvalue weighted by Gasteiger charge is -2.35. The van der Waals surface area contributed by atoms with E-state index in [0.717, 1.165) is 10.9 Å². The van der Waals surface area contributed by atoms with E-state index in [4.69, 9.17) is 11.6 Å². The van der Waals surface area contributed by atoms with E-state index in [9.17, 15) is 35.6 Å². The third-order valence-electron chi connectivity index (χ3n) is 5.92. The lowest BCUT2D eigenvalue weighted by Crippen LogP contribution is -2.52. The highest BCUT2D eigenvalue weighted by atomic mass is 35.5. The second-order valence-corrected chi connectivity index (χ2v) is 12.5. The highest BCUT2D eigenvalue weighted by molar-refractivity contribution is 7.88. The molecule has 0 N–H and O–H groups in total. The number of hydrogen-bond donors (Lipinski definition) is 0. The summed E-state index contributed by atoms with van der Waals surface area (Å²) in [6.07, 6.45) is -4.29. The predicted molar refractivity (Wildman–Crippen MR) is 131 cm³/mol. The zero-order chi connectivity index (χ0) is 28.0. The Balaban J connectivity index is 1.81. The average molecular weight is 594 g/mol. The first-order chi connectivity index (χ1) is 17.7. The molecule has 204 valence electrons. The minimum atomic E-state index is -5.00. The number of benzene rings is 1. The first kappa shape index (κ1) is 28.1. The number of halogens is 5. The Hall–Kier alpha value is -2.88. The normalized spacial score (nSPS) is 19.1.